The lowest BCUT2D eigenvalue weighted by Crippen LogP contribution is -2.70. The van der Waals surface area contributed by atoms with Crippen LogP contribution in [0.3, 0.4) is 0 Å². The molecule has 2 unspecified atom stereocenters. The van der Waals surface area contributed by atoms with Gasteiger partial charge in [0.1, 0.15) is 0 Å². The summed E-state index contributed by atoms with van der Waals surface area (Å²) in [5.41, 5.74) is 15.7. The van der Waals surface area contributed by atoms with Crippen molar-refractivity contribution in [2.24, 2.45) is 45.3 Å². The first-order valence-corrected chi connectivity index (χ1v) is 21.3. The van der Waals surface area contributed by atoms with Gasteiger partial charge in [0.15, 0.2) is 0 Å². The highest BCUT2D eigenvalue weighted by Crippen LogP contribution is 2.73. The molecule has 7 heteroatoms. The Balaban J connectivity index is 1.45. The SMILES string of the molecule is CCCCCCCCCCCCN(CCCCCCCCCCCC)CCCCCC1C2(C(N)=O)CC3CC(C(N)=O)(C2)CC1(C(N)=O)C3. The highest BCUT2D eigenvalue weighted by Gasteiger charge is 2.73. The third kappa shape index (κ3) is 12.0. The van der Waals surface area contributed by atoms with Crippen molar-refractivity contribution < 1.29 is 14.4 Å². The van der Waals surface area contributed by atoms with Crippen LogP contribution in [0.25, 0.3) is 0 Å². The lowest BCUT2D eigenvalue weighted by molar-refractivity contribution is -0.207. The van der Waals surface area contributed by atoms with Gasteiger partial charge in [-0.05, 0) is 89.3 Å². The second kappa shape index (κ2) is 21.7. The summed E-state index contributed by atoms with van der Waals surface area (Å²) in [4.78, 5) is 41.8. The molecule has 4 aliphatic rings. The lowest BCUT2D eigenvalue weighted by atomic mass is 9.34. The van der Waals surface area contributed by atoms with Crippen molar-refractivity contribution in [1.82, 2.24) is 4.90 Å². The average molecular weight is 687 g/mol. The summed E-state index contributed by atoms with van der Waals surface area (Å²) in [5, 5.41) is 0. The van der Waals surface area contributed by atoms with E-state index in [2.05, 4.69) is 18.7 Å². The highest BCUT2D eigenvalue weighted by atomic mass is 16.2. The zero-order chi connectivity index (χ0) is 35.6. The molecule has 3 amide bonds. The summed E-state index contributed by atoms with van der Waals surface area (Å²) in [6.45, 7) is 8.08. The van der Waals surface area contributed by atoms with Gasteiger partial charge in [0.2, 0.25) is 17.7 Å². The minimum Gasteiger partial charge on any atom is -0.369 e. The van der Waals surface area contributed by atoms with Crippen LogP contribution in [-0.2, 0) is 14.4 Å². The van der Waals surface area contributed by atoms with Crippen LogP contribution in [0, 0.1) is 28.1 Å². The van der Waals surface area contributed by atoms with E-state index in [1.54, 1.807) is 0 Å². The van der Waals surface area contributed by atoms with Crippen molar-refractivity contribution in [1.29, 1.82) is 0 Å². The first-order chi connectivity index (χ1) is 23.7. The van der Waals surface area contributed by atoms with E-state index in [1.807, 2.05) is 0 Å². The Morgan fingerprint density at radius 3 is 1.18 bits per heavy atom. The standard InChI is InChI=1S/C42H78N4O3/c1-3-5-7-9-11-13-15-17-19-23-27-46(28-24-20-18-16-14-12-10-8-6-4-2)29-25-21-22-26-36-41(38(44)48)31-35-30-40(33-41,37(43)47)34-42(36,32-35)39(45)49/h35-36H,3-34H2,1-2H3,(H2,43,47)(H2,44,48)(H2,45,49). The molecule has 4 rings (SSSR count). The van der Waals surface area contributed by atoms with Crippen LogP contribution in [-0.4, -0.2) is 42.3 Å². The van der Waals surface area contributed by atoms with E-state index in [9.17, 15) is 14.4 Å². The van der Waals surface area contributed by atoms with E-state index in [-0.39, 0.29) is 23.7 Å². The van der Waals surface area contributed by atoms with Gasteiger partial charge >= 0.3 is 0 Å². The minimum absolute atomic E-state index is 0.108. The summed E-state index contributed by atoms with van der Waals surface area (Å²) >= 11 is 0. The van der Waals surface area contributed by atoms with Crippen molar-refractivity contribution in [2.45, 2.75) is 200 Å². The summed E-state index contributed by atoms with van der Waals surface area (Å²) in [6, 6.07) is 0. The van der Waals surface area contributed by atoms with Gasteiger partial charge < -0.3 is 22.1 Å². The van der Waals surface area contributed by atoms with Gasteiger partial charge in [-0.1, -0.05) is 142 Å². The molecule has 4 fully saturated rings. The van der Waals surface area contributed by atoms with Gasteiger partial charge in [-0.25, -0.2) is 0 Å². The van der Waals surface area contributed by atoms with Gasteiger partial charge in [0.05, 0.1) is 16.2 Å². The van der Waals surface area contributed by atoms with Crippen molar-refractivity contribution in [3.63, 3.8) is 0 Å². The number of carbonyl (C=O) groups excluding carboxylic acids is 3. The molecule has 2 atom stereocenters. The molecular formula is C42H78N4O3. The average Bonchev–Trinajstić information content (AvgIpc) is 3.06. The summed E-state index contributed by atoms with van der Waals surface area (Å²) in [7, 11) is 0. The molecule has 0 aromatic heterocycles. The van der Waals surface area contributed by atoms with Crippen LogP contribution in [0.2, 0.25) is 0 Å². The molecule has 4 saturated carbocycles. The van der Waals surface area contributed by atoms with Gasteiger partial charge in [0.25, 0.3) is 0 Å². The Labute approximate surface area is 301 Å². The number of carbonyl (C=O) groups is 3. The van der Waals surface area contributed by atoms with Gasteiger partial charge in [0, 0.05) is 0 Å². The molecule has 4 bridgehead atoms. The Morgan fingerprint density at radius 2 is 0.837 bits per heavy atom. The highest BCUT2D eigenvalue weighted by molar-refractivity contribution is 5.91. The maximum absolute atomic E-state index is 13.2. The largest absolute Gasteiger partial charge is 0.369 e. The lowest BCUT2D eigenvalue weighted by Gasteiger charge is -2.67. The monoisotopic (exact) mass is 687 g/mol. The van der Waals surface area contributed by atoms with Gasteiger partial charge in [-0.3, -0.25) is 14.4 Å². The quantitative estimate of drug-likeness (QED) is 0.0627. The van der Waals surface area contributed by atoms with Crippen LogP contribution in [0.4, 0.5) is 0 Å². The topological polar surface area (TPSA) is 133 Å². The normalized spacial score (nSPS) is 27.2. The summed E-state index contributed by atoms with van der Waals surface area (Å²) in [5.74, 6) is -1.20. The van der Waals surface area contributed by atoms with Crippen molar-refractivity contribution >= 4 is 17.7 Å². The van der Waals surface area contributed by atoms with Crippen LogP contribution in [0.15, 0.2) is 0 Å². The molecule has 284 valence electrons. The van der Waals surface area contributed by atoms with Crippen LogP contribution >= 0.6 is 0 Å². The number of nitrogens with two attached hydrogens (primary N) is 3. The van der Waals surface area contributed by atoms with E-state index in [0.717, 1.165) is 32.2 Å². The fraction of sp³-hybridized carbons (Fsp3) is 0.929. The zero-order valence-corrected chi connectivity index (χ0v) is 32.2. The fourth-order valence-corrected chi connectivity index (χ4v) is 10.8. The van der Waals surface area contributed by atoms with E-state index < -0.39 is 22.2 Å². The molecule has 49 heavy (non-hydrogen) atoms. The number of amides is 3. The molecule has 0 aromatic carbocycles. The number of hydrogen-bond donors (Lipinski definition) is 3. The summed E-state index contributed by atoms with van der Waals surface area (Å²) < 4.78 is 0. The first kappa shape index (κ1) is 41.8. The number of hydrogen-bond acceptors (Lipinski definition) is 4. The smallest absolute Gasteiger partial charge is 0.224 e. The second-order valence-electron chi connectivity index (χ2n) is 17.1. The molecular weight excluding hydrogens is 608 g/mol. The molecule has 7 nitrogen and oxygen atoms in total. The van der Waals surface area contributed by atoms with Gasteiger partial charge in [-0.15, -0.1) is 0 Å². The van der Waals surface area contributed by atoms with E-state index in [4.69, 9.17) is 17.2 Å². The maximum atomic E-state index is 13.2. The molecule has 0 heterocycles. The molecule has 0 radical (unpaired) electrons. The molecule has 4 aliphatic carbocycles. The van der Waals surface area contributed by atoms with Crippen LogP contribution in [0.5, 0.6) is 0 Å². The Kier molecular flexibility index (Phi) is 18.5. The number of unbranched alkanes of at least 4 members (excludes halogenated alkanes) is 20. The number of nitrogens with zero attached hydrogens (tertiary/aromatic N) is 1. The Morgan fingerprint density at radius 1 is 0.490 bits per heavy atom. The summed E-state index contributed by atoms with van der Waals surface area (Å²) in [6.07, 6.45) is 34.1. The molecule has 0 aromatic rings. The van der Waals surface area contributed by atoms with Gasteiger partial charge in [-0.2, -0.15) is 0 Å². The Bertz CT molecular complexity index is 929. The number of rotatable bonds is 31. The third-order valence-electron chi connectivity index (χ3n) is 13.3. The van der Waals surface area contributed by atoms with E-state index in [0.29, 0.717) is 32.1 Å². The second-order valence-corrected chi connectivity index (χ2v) is 17.1. The maximum Gasteiger partial charge on any atom is 0.224 e. The van der Waals surface area contributed by atoms with E-state index in [1.165, 1.54) is 142 Å². The zero-order valence-electron chi connectivity index (χ0n) is 32.2. The number of primary amides is 3. The molecule has 6 N–H and O–H groups in total. The molecule has 0 spiro atoms. The first-order valence-electron chi connectivity index (χ1n) is 21.3. The molecule has 0 saturated heterocycles. The Hall–Kier alpha value is -1.63. The molecule has 0 aliphatic heterocycles. The van der Waals surface area contributed by atoms with Crippen molar-refractivity contribution in [3.05, 3.63) is 0 Å². The predicted octanol–water partition coefficient (Wildman–Crippen LogP) is 9.33. The van der Waals surface area contributed by atoms with Crippen molar-refractivity contribution in [3.8, 4) is 0 Å². The fourth-order valence-electron chi connectivity index (χ4n) is 10.8. The van der Waals surface area contributed by atoms with Crippen molar-refractivity contribution in [2.75, 3.05) is 19.6 Å². The van der Waals surface area contributed by atoms with Crippen LogP contribution in [0.1, 0.15) is 200 Å². The minimum atomic E-state index is -0.847. The predicted molar refractivity (Wildman–Crippen MR) is 204 cm³/mol. The van der Waals surface area contributed by atoms with Crippen LogP contribution < -0.4 is 17.2 Å². The third-order valence-corrected chi connectivity index (χ3v) is 13.3. The van der Waals surface area contributed by atoms with E-state index >= 15 is 0 Å².